The molecule has 1 saturated heterocycles. The summed E-state index contributed by atoms with van der Waals surface area (Å²) in [5.41, 5.74) is 5.48. The molecule has 3 N–H and O–H groups in total. The number of nitrogens with zero attached hydrogens (tertiary/aromatic N) is 3. The first-order chi connectivity index (χ1) is 8.40. The van der Waals surface area contributed by atoms with Crippen LogP contribution in [0.1, 0.15) is 19.3 Å². The van der Waals surface area contributed by atoms with Crippen molar-refractivity contribution in [3.63, 3.8) is 0 Å². The Bertz CT molecular complexity index is 308. The predicted octanol–water partition coefficient (Wildman–Crippen LogP) is 0.384. The lowest BCUT2D eigenvalue weighted by Gasteiger charge is -2.32. The zero-order valence-corrected chi connectivity index (χ0v) is 10.2. The molecule has 0 radical (unpaired) electrons. The maximum Gasteiger partial charge on any atom is 0.225 e. The number of hydrogen-bond donors (Lipinski definition) is 2. The maximum absolute atomic E-state index is 5.48. The fourth-order valence-corrected chi connectivity index (χ4v) is 2.15. The Hall–Kier alpha value is -1.20. The van der Waals surface area contributed by atoms with Crippen molar-refractivity contribution < 1.29 is 0 Å². The molecular weight excluding hydrogens is 214 g/mol. The van der Waals surface area contributed by atoms with E-state index >= 15 is 0 Å². The number of anilines is 1. The van der Waals surface area contributed by atoms with E-state index in [4.69, 9.17) is 5.73 Å². The van der Waals surface area contributed by atoms with Gasteiger partial charge in [0.05, 0.1) is 0 Å². The SMILES string of the molecule is NCCCNC1CCN(c2ncccn2)CC1. The maximum atomic E-state index is 5.48. The van der Waals surface area contributed by atoms with Gasteiger partial charge in [-0.15, -0.1) is 0 Å². The van der Waals surface area contributed by atoms with Crippen molar-refractivity contribution in [2.75, 3.05) is 31.1 Å². The number of piperidine rings is 1. The lowest BCUT2D eigenvalue weighted by molar-refractivity contribution is 0.411. The van der Waals surface area contributed by atoms with Crippen molar-refractivity contribution in [3.05, 3.63) is 18.5 Å². The number of nitrogens with one attached hydrogen (secondary N) is 1. The Morgan fingerprint density at radius 2 is 2.00 bits per heavy atom. The number of rotatable bonds is 5. The topological polar surface area (TPSA) is 67.1 Å². The first kappa shape index (κ1) is 12.3. The summed E-state index contributed by atoms with van der Waals surface area (Å²) in [6.45, 7) is 3.86. The molecule has 0 saturated carbocycles. The van der Waals surface area contributed by atoms with Gasteiger partial charge in [0, 0.05) is 31.5 Å². The molecule has 1 aromatic rings. The minimum absolute atomic E-state index is 0.626. The van der Waals surface area contributed by atoms with Crippen LogP contribution in [0.25, 0.3) is 0 Å². The Kier molecular flexibility index (Phi) is 4.70. The lowest BCUT2D eigenvalue weighted by Crippen LogP contribution is -2.43. The van der Waals surface area contributed by atoms with Crippen molar-refractivity contribution in [2.24, 2.45) is 5.73 Å². The van der Waals surface area contributed by atoms with Crippen LogP contribution in [0.2, 0.25) is 0 Å². The Morgan fingerprint density at radius 3 is 2.65 bits per heavy atom. The molecule has 17 heavy (non-hydrogen) atoms. The molecule has 1 aliphatic rings. The lowest BCUT2D eigenvalue weighted by atomic mass is 10.1. The highest BCUT2D eigenvalue weighted by Crippen LogP contribution is 2.14. The quantitative estimate of drug-likeness (QED) is 0.722. The highest BCUT2D eigenvalue weighted by atomic mass is 15.3. The van der Waals surface area contributed by atoms with Crippen LogP contribution < -0.4 is 16.0 Å². The van der Waals surface area contributed by atoms with Crippen molar-refractivity contribution in [3.8, 4) is 0 Å². The van der Waals surface area contributed by atoms with E-state index in [1.165, 1.54) is 0 Å². The van der Waals surface area contributed by atoms with E-state index in [1.807, 2.05) is 6.07 Å². The normalized spacial score (nSPS) is 17.4. The molecule has 2 rings (SSSR count). The first-order valence-corrected chi connectivity index (χ1v) is 6.35. The highest BCUT2D eigenvalue weighted by Gasteiger charge is 2.19. The van der Waals surface area contributed by atoms with Gasteiger partial charge in [-0.1, -0.05) is 0 Å². The second kappa shape index (κ2) is 6.51. The van der Waals surface area contributed by atoms with Gasteiger partial charge in [-0.05, 0) is 38.4 Å². The third-order valence-electron chi connectivity index (χ3n) is 3.14. The Morgan fingerprint density at radius 1 is 1.29 bits per heavy atom. The molecule has 0 aromatic carbocycles. The van der Waals surface area contributed by atoms with Crippen LogP contribution in [0.15, 0.2) is 18.5 Å². The molecule has 0 unspecified atom stereocenters. The van der Waals surface area contributed by atoms with Crippen LogP contribution in [-0.4, -0.2) is 42.2 Å². The van der Waals surface area contributed by atoms with Gasteiger partial charge in [0.25, 0.3) is 0 Å². The molecule has 5 nitrogen and oxygen atoms in total. The molecule has 0 atom stereocenters. The third kappa shape index (κ3) is 3.64. The summed E-state index contributed by atoms with van der Waals surface area (Å²) in [5, 5.41) is 3.55. The second-order valence-corrected chi connectivity index (χ2v) is 4.41. The monoisotopic (exact) mass is 235 g/mol. The summed E-state index contributed by atoms with van der Waals surface area (Å²) in [4.78, 5) is 10.8. The van der Waals surface area contributed by atoms with Crippen LogP contribution >= 0.6 is 0 Å². The second-order valence-electron chi connectivity index (χ2n) is 4.41. The van der Waals surface area contributed by atoms with E-state index < -0.39 is 0 Å². The Balaban J connectivity index is 1.74. The van der Waals surface area contributed by atoms with E-state index in [2.05, 4.69) is 20.2 Å². The van der Waals surface area contributed by atoms with E-state index in [1.54, 1.807) is 12.4 Å². The summed E-state index contributed by atoms with van der Waals surface area (Å²) in [5.74, 6) is 0.855. The largest absolute Gasteiger partial charge is 0.341 e. The zero-order valence-electron chi connectivity index (χ0n) is 10.2. The predicted molar refractivity (Wildman–Crippen MR) is 68.9 cm³/mol. The fraction of sp³-hybridized carbons (Fsp3) is 0.667. The first-order valence-electron chi connectivity index (χ1n) is 6.35. The summed E-state index contributed by atoms with van der Waals surface area (Å²) < 4.78 is 0. The van der Waals surface area contributed by atoms with E-state index in [0.717, 1.165) is 51.4 Å². The molecule has 1 fully saturated rings. The highest BCUT2D eigenvalue weighted by molar-refractivity contribution is 5.29. The molecule has 5 heteroatoms. The molecule has 0 aliphatic carbocycles. The molecular formula is C12H21N5. The summed E-state index contributed by atoms with van der Waals surface area (Å²) >= 11 is 0. The van der Waals surface area contributed by atoms with Crippen LogP contribution in [-0.2, 0) is 0 Å². The van der Waals surface area contributed by atoms with Crippen LogP contribution in [0.4, 0.5) is 5.95 Å². The fourth-order valence-electron chi connectivity index (χ4n) is 2.15. The zero-order chi connectivity index (χ0) is 11.9. The average molecular weight is 235 g/mol. The van der Waals surface area contributed by atoms with Crippen LogP contribution in [0.5, 0.6) is 0 Å². The molecule has 94 valence electrons. The number of hydrogen-bond acceptors (Lipinski definition) is 5. The standard InChI is InChI=1S/C12H21N5/c13-5-1-6-14-11-3-9-17(10-4-11)12-15-7-2-8-16-12/h2,7-8,11,14H,1,3-6,9-10,13H2. The van der Waals surface area contributed by atoms with E-state index in [9.17, 15) is 0 Å². The minimum atomic E-state index is 0.626. The van der Waals surface area contributed by atoms with Gasteiger partial charge in [0.1, 0.15) is 0 Å². The summed E-state index contributed by atoms with van der Waals surface area (Å²) in [6, 6.07) is 2.48. The molecule has 0 bridgehead atoms. The van der Waals surface area contributed by atoms with Gasteiger partial charge in [0.2, 0.25) is 5.95 Å². The van der Waals surface area contributed by atoms with Gasteiger partial charge in [0.15, 0.2) is 0 Å². The number of aromatic nitrogens is 2. The minimum Gasteiger partial charge on any atom is -0.341 e. The molecule has 0 spiro atoms. The van der Waals surface area contributed by atoms with Gasteiger partial charge in [-0.2, -0.15) is 0 Å². The van der Waals surface area contributed by atoms with Gasteiger partial charge >= 0.3 is 0 Å². The van der Waals surface area contributed by atoms with Gasteiger partial charge in [-0.25, -0.2) is 9.97 Å². The van der Waals surface area contributed by atoms with Crippen molar-refractivity contribution in [1.29, 1.82) is 0 Å². The van der Waals surface area contributed by atoms with Crippen molar-refractivity contribution >= 4 is 5.95 Å². The van der Waals surface area contributed by atoms with Gasteiger partial charge in [-0.3, -0.25) is 0 Å². The molecule has 1 aromatic heterocycles. The number of nitrogens with two attached hydrogens (primary N) is 1. The van der Waals surface area contributed by atoms with E-state index in [0.29, 0.717) is 6.04 Å². The average Bonchev–Trinajstić information content (AvgIpc) is 2.41. The van der Waals surface area contributed by atoms with Crippen LogP contribution in [0.3, 0.4) is 0 Å². The molecule has 2 heterocycles. The molecule has 0 amide bonds. The summed E-state index contributed by atoms with van der Waals surface area (Å²) in [6.07, 6.45) is 6.97. The Labute approximate surface area is 102 Å². The van der Waals surface area contributed by atoms with Crippen molar-refractivity contribution in [2.45, 2.75) is 25.3 Å². The smallest absolute Gasteiger partial charge is 0.225 e. The van der Waals surface area contributed by atoms with E-state index in [-0.39, 0.29) is 0 Å². The third-order valence-corrected chi connectivity index (χ3v) is 3.14. The summed E-state index contributed by atoms with van der Waals surface area (Å²) in [7, 11) is 0. The van der Waals surface area contributed by atoms with Crippen LogP contribution in [0, 0.1) is 0 Å². The van der Waals surface area contributed by atoms with Crippen molar-refractivity contribution in [1.82, 2.24) is 15.3 Å². The van der Waals surface area contributed by atoms with Gasteiger partial charge < -0.3 is 16.0 Å². The molecule has 1 aliphatic heterocycles.